The molecule has 0 aromatic heterocycles. The highest BCUT2D eigenvalue weighted by Gasteiger charge is 2.28. The number of amides is 1. The Morgan fingerprint density at radius 1 is 1.04 bits per heavy atom. The van der Waals surface area contributed by atoms with Gasteiger partial charge in [0, 0.05) is 6.54 Å². The van der Waals surface area contributed by atoms with Crippen molar-refractivity contribution >= 4 is 11.9 Å². The minimum Gasteiger partial charge on any atom is -0.469 e. The van der Waals surface area contributed by atoms with Crippen molar-refractivity contribution in [3.05, 3.63) is 71.5 Å². The number of hydrogen-bond donors (Lipinski definition) is 0. The molecule has 2 unspecified atom stereocenters. The first-order valence-corrected chi connectivity index (χ1v) is 8.14. The number of rotatable bonds is 6. The zero-order valence-electron chi connectivity index (χ0n) is 14.6. The summed E-state index contributed by atoms with van der Waals surface area (Å²) in [5, 5.41) is 0. The Morgan fingerprint density at radius 3 is 2.24 bits per heavy atom. The zero-order valence-corrected chi connectivity index (χ0v) is 14.6. The van der Waals surface area contributed by atoms with Gasteiger partial charge in [0.2, 0.25) is 0 Å². The summed E-state index contributed by atoms with van der Waals surface area (Å²) in [6.07, 6.45) is 0. The molecule has 2 rings (SSSR count). The van der Waals surface area contributed by atoms with Gasteiger partial charge in [-0.25, -0.2) is 4.39 Å². The van der Waals surface area contributed by atoms with E-state index >= 15 is 0 Å². The van der Waals surface area contributed by atoms with Crippen LogP contribution in [-0.2, 0) is 9.53 Å². The number of carbonyl (C=O) groups is 2. The topological polar surface area (TPSA) is 46.6 Å². The molecule has 0 fully saturated rings. The Kier molecular flexibility index (Phi) is 6.28. The molecule has 0 radical (unpaired) electrons. The quantitative estimate of drug-likeness (QED) is 0.749. The number of esters is 1. The number of hydrogen-bond acceptors (Lipinski definition) is 3. The van der Waals surface area contributed by atoms with Crippen molar-refractivity contribution in [2.45, 2.75) is 19.9 Å². The van der Waals surface area contributed by atoms with Crippen LogP contribution < -0.4 is 0 Å². The Bertz CT molecular complexity index is 733. The fraction of sp³-hybridized carbons (Fsp3) is 0.300. The van der Waals surface area contributed by atoms with Crippen LogP contribution in [0, 0.1) is 11.7 Å². The molecule has 2 aromatic carbocycles. The summed E-state index contributed by atoms with van der Waals surface area (Å²) in [5.74, 6) is -1.97. The summed E-state index contributed by atoms with van der Waals surface area (Å²) >= 11 is 0. The molecule has 25 heavy (non-hydrogen) atoms. The summed E-state index contributed by atoms with van der Waals surface area (Å²) in [7, 11) is 1.31. The van der Waals surface area contributed by atoms with Gasteiger partial charge in [-0.1, -0.05) is 49.4 Å². The molecule has 2 aromatic rings. The molecule has 0 aliphatic heterocycles. The maximum atomic E-state index is 14.1. The van der Waals surface area contributed by atoms with Gasteiger partial charge in [-0.2, -0.15) is 0 Å². The third-order valence-electron chi connectivity index (χ3n) is 4.19. The second-order valence-electron chi connectivity index (χ2n) is 5.95. The molecular weight excluding hydrogens is 321 g/mol. The number of benzene rings is 2. The molecule has 0 saturated heterocycles. The van der Waals surface area contributed by atoms with E-state index in [1.165, 1.54) is 30.2 Å². The van der Waals surface area contributed by atoms with E-state index < -0.39 is 23.6 Å². The van der Waals surface area contributed by atoms with Gasteiger partial charge in [0.15, 0.2) is 0 Å². The largest absolute Gasteiger partial charge is 0.469 e. The molecule has 5 heteroatoms. The fourth-order valence-electron chi connectivity index (χ4n) is 2.69. The molecule has 0 bridgehead atoms. The first-order chi connectivity index (χ1) is 12.0. The van der Waals surface area contributed by atoms with Gasteiger partial charge in [-0.15, -0.1) is 0 Å². The number of carbonyl (C=O) groups excluding carboxylic acids is 2. The molecule has 0 N–H and O–H groups in total. The Hall–Kier alpha value is -2.69. The van der Waals surface area contributed by atoms with Crippen molar-refractivity contribution < 1.29 is 18.7 Å². The predicted molar refractivity (Wildman–Crippen MR) is 93.5 cm³/mol. The monoisotopic (exact) mass is 343 g/mol. The van der Waals surface area contributed by atoms with Crippen LogP contribution in [0.5, 0.6) is 0 Å². The molecule has 0 aliphatic carbocycles. The maximum Gasteiger partial charge on any atom is 0.310 e. The molecule has 1 amide bonds. The molecule has 132 valence electrons. The summed E-state index contributed by atoms with van der Waals surface area (Å²) in [5.41, 5.74) is 0.895. The van der Waals surface area contributed by atoms with Crippen LogP contribution in [0.15, 0.2) is 54.6 Å². The predicted octanol–water partition coefficient (Wildman–Crippen LogP) is 3.84. The lowest BCUT2D eigenvalue weighted by Crippen LogP contribution is -2.39. The van der Waals surface area contributed by atoms with Crippen molar-refractivity contribution in [2.75, 3.05) is 13.7 Å². The second kappa shape index (κ2) is 8.42. The lowest BCUT2D eigenvalue weighted by Gasteiger charge is -2.31. The van der Waals surface area contributed by atoms with Crippen molar-refractivity contribution in [3.63, 3.8) is 0 Å². The van der Waals surface area contributed by atoms with Crippen molar-refractivity contribution in [1.29, 1.82) is 0 Å². The number of halogens is 1. The molecular formula is C20H22FNO3. The fourth-order valence-corrected chi connectivity index (χ4v) is 2.69. The average Bonchev–Trinajstić information content (AvgIpc) is 2.65. The normalized spacial score (nSPS) is 13.0. The highest BCUT2D eigenvalue weighted by molar-refractivity contribution is 5.95. The summed E-state index contributed by atoms with van der Waals surface area (Å²) in [4.78, 5) is 26.3. The van der Waals surface area contributed by atoms with Gasteiger partial charge in [-0.05, 0) is 24.6 Å². The third kappa shape index (κ3) is 4.44. The Morgan fingerprint density at radius 2 is 1.64 bits per heavy atom. The van der Waals surface area contributed by atoms with Gasteiger partial charge in [-0.3, -0.25) is 9.59 Å². The summed E-state index contributed by atoms with van der Waals surface area (Å²) in [6.45, 7) is 3.68. The molecule has 0 spiro atoms. The molecule has 4 nitrogen and oxygen atoms in total. The van der Waals surface area contributed by atoms with Gasteiger partial charge in [0.05, 0.1) is 24.6 Å². The lowest BCUT2D eigenvalue weighted by molar-refractivity contribution is -0.145. The van der Waals surface area contributed by atoms with Crippen LogP contribution >= 0.6 is 0 Å². The summed E-state index contributed by atoms with van der Waals surface area (Å²) in [6, 6.07) is 15.0. The van der Waals surface area contributed by atoms with E-state index in [4.69, 9.17) is 4.74 Å². The van der Waals surface area contributed by atoms with Crippen LogP contribution in [0.4, 0.5) is 4.39 Å². The van der Waals surface area contributed by atoms with Crippen LogP contribution in [-0.4, -0.2) is 30.4 Å². The van der Waals surface area contributed by atoms with E-state index in [0.717, 1.165) is 5.56 Å². The van der Waals surface area contributed by atoms with E-state index in [2.05, 4.69) is 0 Å². The van der Waals surface area contributed by atoms with Crippen molar-refractivity contribution in [1.82, 2.24) is 4.90 Å². The second-order valence-corrected chi connectivity index (χ2v) is 5.95. The first-order valence-electron chi connectivity index (χ1n) is 8.14. The van der Waals surface area contributed by atoms with E-state index in [1.807, 2.05) is 37.3 Å². The Labute approximate surface area is 147 Å². The van der Waals surface area contributed by atoms with Crippen molar-refractivity contribution in [2.24, 2.45) is 5.92 Å². The van der Waals surface area contributed by atoms with Crippen molar-refractivity contribution in [3.8, 4) is 0 Å². The minimum atomic E-state index is -0.580. The minimum absolute atomic E-state index is 0.0117. The zero-order chi connectivity index (χ0) is 18.4. The number of methoxy groups -OCH3 is 1. The lowest BCUT2D eigenvalue weighted by atomic mass is 10.0. The van der Waals surface area contributed by atoms with E-state index in [9.17, 15) is 14.0 Å². The van der Waals surface area contributed by atoms with Crippen LogP contribution in [0.1, 0.15) is 35.8 Å². The third-order valence-corrected chi connectivity index (χ3v) is 4.19. The summed E-state index contributed by atoms with van der Waals surface area (Å²) < 4.78 is 18.8. The SMILES string of the molecule is COC(=O)C(C)CN(C(=O)c1ccccc1F)C(C)c1ccccc1. The highest BCUT2D eigenvalue weighted by Crippen LogP contribution is 2.24. The number of ether oxygens (including phenoxy) is 1. The van der Waals surface area contributed by atoms with Gasteiger partial charge in [0.1, 0.15) is 5.82 Å². The van der Waals surface area contributed by atoms with E-state index in [1.54, 1.807) is 13.0 Å². The Balaban J connectivity index is 2.36. The molecule has 0 aliphatic rings. The number of nitrogens with zero attached hydrogens (tertiary/aromatic N) is 1. The smallest absolute Gasteiger partial charge is 0.310 e. The highest BCUT2D eigenvalue weighted by atomic mass is 19.1. The van der Waals surface area contributed by atoms with Crippen LogP contribution in [0.25, 0.3) is 0 Å². The average molecular weight is 343 g/mol. The maximum absolute atomic E-state index is 14.1. The van der Waals surface area contributed by atoms with Crippen LogP contribution in [0.2, 0.25) is 0 Å². The van der Waals surface area contributed by atoms with Gasteiger partial charge in [0.25, 0.3) is 5.91 Å². The van der Waals surface area contributed by atoms with Gasteiger partial charge < -0.3 is 9.64 Å². The van der Waals surface area contributed by atoms with Gasteiger partial charge >= 0.3 is 5.97 Å². The van der Waals surface area contributed by atoms with E-state index in [0.29, 0.717) is 0 Å². The van der Waals surface area contributed by atoms with Crippen LogP contribution in [0.3, 0.4) is 0 Å². The molecule has 0 saturated carbocycles. The first kappa shape index (κ1) is 18.6. The standard InChI is InChI=1S/C20H22FNO3/c1-14(20(24)25-3)13-22(15(2)16-9-5-4-6-10-16)19(23)17-11-7-8-12-18(17)21/h4-12,14-15H,13H2,1-3H3. The van der Waals surface area contributed by atoms with E-state index in [-0.39, 0.29) is 18.2 Å². The molecule has 0 heterocycles. The molecule has 2 atom stereocenters.